The van der Waals surface area contributed by atoms with Crippen molar-refractivity contribution in [1.29, 1.82) is 0 Å². The second kappa shape index (κ2) is 8.22. The van der Waals surface area contributed by atoms with E-state index in [0.717, 1.165) is 41.7 Å². The molecule has 0 unspecified atom stereocenters. The summed E-state index contributed by atoms with van der Waals surface area (Å²) < 4.78 is 15.2. The zero-order valence-electron chi connectivity index (χ0n) is 20.0. The monoisotopic (exact) mass is 468 g/mol. The maximum Gasteiger partial charge on any atom is 0.223 e. The summed E-state index contributed by atoms with van der Waals surface area (Å²) in [7, 11) is 0. The first-order chi connectivity index (χ1) is 16.9. The number of carbonyl (C=O) groups excluding carboxylic acids is 1. The molecule has 4 aromatic rings. The molecule has 1 amide bonds. The van der Waals surface area contributed by atoms with E-state index in [4.69, 9.17) is 0 Å². The van der Waals surface area contributed by atoms with Crippen molar-refractivity contribution >= 4 is 22.5 Å². The third kappa shape index (κ3) is 3.97. The lowest BCUT2D eigenvalue weighted by Crippen LogP contribution is -2.46. The number of rotatable bonds is 5. The first-order valence-corrected chi connectivity index (χ1v) is 12.3. The Morgan fingerprint density at radius 1 is 1.00 bits per heavy atom. The van der Waals surface area contributed by atoms with E-state index in [1.165, 1.54) is 17.7 Å². The third-order valence-electron chi connectivity index (χ3n) is 7.41. The van der Waals surface area contributed by atoms with Gasteiger partial charge >= 0.3 is 0 Å². The number of fused-ring (bicyclic) bond motifs is 1. The van der Waals surface area contributed by atoms with Gasteiger partial charge in [0.2, 0.25) is 5.91 Å². The van der Waals surface area contributed by atoms with E-state index in [1.54, 1.807) is 12.1 Å². The zero-order valence-corrected chi connectivity index (χ0v) is 20.0. The molecule has 2 heterocycles. The summed E-state index contributed by atoms with van der Waals surface area (Å²) in [6, 6.07) is 23.2. The Morgan fingerprint density at radius 2 is 1.71 bits per heavy atom. The van der Waals surface area contributed by atoms with Crippen LogP contribution in [0.25, 0.3) is 16.6 Å². The van der Waals surface area contributed by atoms with E-state index in [2.05, 4.69) is 71.6 Å². The molecule has 0 bridgehead atoms. The van der Waals surface area contributed by atoms with Crippen molar-refractivity contribution in [3.8, 4) is 5.69 Å². The molecule has 0 radical (unpaired) electrons. The Bertz CT molecular complexity index is 1380. The number of nitrogens with one attached hydrogen (secondary N) is 1. The minimum Gasteiger partial charge on any atom is -0.362 e. The zero-order chi connectivity index (χ0) is 24.2. The van der Waals surface area contributed by atoms with Crippen LogP contribution >= 0.6 is 0 Å². The number of aromatic nitrogens is 2. The molecule has 2 aliphatic rings. The minimum atomic E-state index is -0.264. The van der Waals surface area contributed by atoms with E-state index >= 15 is 0 Å². The molecular weight excluding hydrogens is 439 g/mol. The Balaban J connectivity index is 1.39. The molecule has 1 aromatic heterocycles. The number of hydrogen-bond acceptors (Lipinski definition) is 3. The molecule has 5 nitrogen and oxygen atoms in total. The van der Waals surface area contributed by atoms with Crippen molar-refractivity contribution < 1.29 is 9.18 Å². The van der Waals surface area contributed by atoms with Crippen molar-refractivity contribution in [3.05, 3.63) is 90.4 Å². The van der Waals surface area contributed by atoms with Gasteiger partial charge in [-0.05, 0) is 60.9 Å². The predicted molar refractivity (Wildman–Crippen MR) is 136 cm³/mol. The van der Waals surface area contributed by atoms with Gasteiger partial charge in [0.25, 0.3) is 0 Å². The number of nitrogens with zero attached hydrogens (tertiary/aromatic N) is 3. The topological polar surface area (TPSA) is 50.2 Å². The fraction of sp³-hybridized carbons (Fsp3) is 0.310. The molecule has 6 rings (SSSR count). The first-order valence-electron chi connectivity index (χ1n) is 12.3. The van der Waals surface area contributed by atoms with Crippen LogP contribution in [0.1, 0.15) is 38.3 Å². The van der Waals surface area contributed by atoms with Gasteiger partial charge in [-0.2, -0.15) is 5.10 Å². The Kier molecular flexibility index (Phi) is 5.13. The molecule has 1 N–H and O–H groups in total. The van der Waals surface area contributed by atoms with Crippen LogP contribution in [0.15, 0.2) is 79.0 Å². The summed E-state index contributed by atoms with van der Waals surface area (Å²) in [4.78, 5) is 15.3. The van der Waals surface area contributed by atoms with E-state index in [-0.39, 0.29) is 35.1 Å². The number of halogens is 1. The normalized spacial score (nSPS) is 21.4. The maximum atomic E-state index is 13.4. The summed E-state index contributed by atoms with van der Waals surface area (Å²) in [5.74, 6) is 0.0891. The summed E-state index contributed by atoms with van der Waals surface area (Å²) in [6.07, 6.45) is 3.84. The number of hydrogen-bond donors (Lipinski definition) is 1. The third-order valence-corrected chi connectivity index (χ3v) is 7.41. The maximum absolute atomic E-state index is 13.4. The largest absolute Gasteiger partial charge is 0.362 e. The van der Waals surface area contributed by atoms with Crippen LogP contribution in [0.2, 0.25) is 0 Å². The van der Waals surface area contributed by atoms with Crippen molar-refractivity contribution in [1.82, 2.24) is 15.1 Å². The Hall–Kier alpha value is -3.67. The fourth-order valence-corrected chi connectivity index (χ4v) is 5.40. The highest BCUT2D eigenvalue weighted by molar-refractivity contribution is 5.85. The SMILES string of the molecule is CC1(C)CN(c2ccc3c(cnn3-c3ccc(F)cc3)c2)[C@H](c2ccccc2)[C@H]1NC(=O)C1CC1. The lowest BCUT2D eigenvalue weighted by Gasteiger charge is -2.32. The van der Waals surface area contributed by atoms with Crippen LogP contribution in [0, 0.1) is 17.2 Å². The van der Waals surface area contributed by atoms with Crippen molar-refractivity contribution in [2.75, 3.05) is 11.4 Å². The van der Waals surface area contributed by atoms with Crippen molar-refractivity contribution in [3.63, 3.8) is 0 Å². The van der Waals surface area contributed by atoms with E-state index in [1.807, 2.05) is 16.9 Å². The van der Waals surface area contributed by atoms with Crippen LogP contribution in [-0.2, 0) is 4.79 Å². The minimum absolute atomic E-state index is 0.00404. The molecule has 178 valence electrons. The van der Waals surface area contributed by atoms with Gasteiger partial charge < -0.3 is 10.2 Å². The van der Waals surface area contributed by atoms with E-state index < -0.39 is 0 Å². The van der Waals surface area contributed by atoms with E-state index in [9.17, 15) is 9.18 Å². The highest BCUT2D eigenvalue weighted by Crippen LogP contribution is 2.46. The number of carbonyl (C=O) groups is 1. The average molecular weight is 469 g/mol. The molecule has 1 aliphatic carbocycles. The lowest BCUT2D eigenvalue weighted by molar-refractivity contribution is -0.123. The molecule has 1 saturated heterocycles. The van der Waals surface area contributed by atoms with Crippen molar-refractivity contribution in [2.24, 2.45) is 11.3 Å². The Labute approximate surface area is 204 Å². The van der Waals surface area contributed by atoms with Crippen molar-refractivity contribution in [2.45, 2.75) is 38.8 Å². The highest BCUT2D eigenvalue weighted by atomic mass is 19.1. The van der Waals surface area contributed by atoms with Gasteiger partial charge in [0.1, 0.15) is 5.82 Å². The summed E-state index contributed by atoms with van der Waals surface area (Å²) in [5.41, 5.74) is 3.97. The van der Waals surface area contributed by atoms with Crippen LogP contribution in [-0.4, -0.2) is 28.3 Å². The highest BCUT2D eigenvalue weighted by Gasteiger charge is 2.49. The predicted octanol–water partition coefficient (Wildman–Crippen LogP) is 5.65. The van der Waals surface area contributed by atoms with Gasteiger partial charge in [-0.3, -0.25) is 4.79 Å². The molecule has 1 saturated carbocycles. The number of amides is 1. The number of anilines is 1. The Morgan fingerprint density at radius 3 is 2.43 bits per heavy atom. The van der Waals surface area contributed by atoms with Crippen LogP contribution in [0.5, 0.6) is 0 Å². The van der Waals surface area contributed by atoms with Gasteiger partial charge in [-0.25, -0.2) is 9.07 Å². The molecule has 35 heavy (non-hydrogen) atoms. The van der Waals surface area contributed by atoms with Gasteiger partial charge in [0.05, 0.1) is 29.5 Å². The quantitative estimate of drug-likeness (QED) is 0.412. The molecule has 0 spiro atoms. The summed E-state index contributed by atoms with van der Waals surface area (Å²) in [5, 5.41) is 9.00. The second-order valence-electron chi connectivity index (χ2n) is 10.5. The molecule has 6 heteroatoms. The lowest BCUT2D eigenvalue weighted by atomic mass is 9.82. The van der Waals surface area contributed by atoms with Gasteiger partial charge in [0.15, 0.2) is 0 Å². The number of benzene rings is 3. The van der Waals surface area contributed by atoms with Crippen LogP contribution < -0.4 is 10.2 Å². The fourth-order valence-electron chi connectivity index (χ4n) is 5.40. The standard InChI is InChI=1S/C29H29FN4O/c1-29(2)18-33(26(19-6-4-3-5-7-19)27(29)32-28(35)20-8-9-20)24-14-15-25-21(16-24)17-31-34(25)23-12-10-22(30)11-13-23/h3-7,10-17,20,26-27H,8-9,18H2,1-2H3,(H,32,35)/t26-,27-/m1/s1. The van der Waals surface area contributed by atoms with Gasteiger partial charge in [-0.1, -0.05) is 44.2 Å². The summed E-state index contributed by atoms with van der Waals surface area (Å²) in [6.45, 7) is 5.30. The van der Waals surface area contributed by atoms with Gasteiger partial charge in [0, 0.05) is 29.0 Å². The molecule has 1 aliphatic heterocycles. The smallest absolute Gasteiger partial charge is 0.223 e. The molecular formula is C29H29FN4O. The average Bonchev–Trinajstić information content (AvgIpc) is 3.57. The molecule has 2 fully saturated rings. The van der Waals surface area contributed by atoms with Gasteiger partial charge in [-0.15, -0.1) is 0 Å². The van der Waals surface area contributed by atoms with E-state index in [0.29, 0.717) is 0 Å². The molecule has 2 atom stereocenters. The first kappa shape index (κ1) is 21.8. The molecule has 3 aromatic carbocycles. The summed E-state index contributed by atoms with van der Waals surface area (Å²) >= 11 is 0. The van der Waals surface area contributed by atoms with Crippen LogP contribution in [0.3, 0.4) is 0 Å². The second-order valence-corrected chi connectivity index (χ2v) is 10.5. The van der Waals surface area contributed by atoms with Crippen LogP contribution in [0.4, 0.5) is 10.1 Å².